The van der Waals surface area contributed by atoms with E-state index in [1.807, 2.05) is 6.92 Å². The lowest BCUT2D eigenvalue weighted by atomic mass is 9.95. The van der Waals surface area contributed by atoms with Crippen molar-refractivity contribution in [3.63, 3.8) is 0 Å². The first-order valence-corrected chi connectivity index (χ1v) is 6.09. The smallest absolute Gasteiger partial charge is 0.146 e. The van der Waals surface area contributed by atoms with E-state index in [-0.39, 0.29) is 11.7 Å². The number of Topliss-reactive ketones (excluding diaryl/α,β-unsaturated/α-hetero) is 1. The van der Waals surface area contributed by atoms with Crippen LogP contribution in [0.1, 0.15) is 33.1 Å². The van der Waals surface area contributed by atoms with Crippen molar-refractivity contribution in [2.75, 3.05) is 6.54 Å². The summed E-state index contributed by atoms with van der Waals surface area (Å²) in [5.41, 5.74) is 11.9. The van der Waals surface area contributed by atoms with Crippen LogP contribution >= 0.6 is 0 Å². The Morgan fingerprint density at radius 1 is 1.44 bits per heavy atom. The van der Waals surface area contributed by atoms with Crippen LogP contribution < -0.4 is 17.3 Å². The van der Waals surface area contributed by atoms with Crippen LogP contribution in [-0.2, 0) is 9.59 Å². The number of hydrogen-bond donors (Lipinski definition) is 3. The zero-order chi connectivity index (χ0) is 14.1. The van der Waals surface area contributed by atoms with Crippen LogP contribution in [0.25, 0.3) is 0 Å². The Morgan fingerprint density at radius 3 is 2.50 bits per heavy atom. The fraction of sp³-hybridized carbons (Fsp3) is 0.667. The number of rotatable bonds is 9. The lowest BCUT2D eigenvalue weighted by Crippen LogP contribution is -2.32. The second kappa shape index (κ2) is 8.66. The summed E-state index contributed by atoms with van der Waals surface area (Å²) in [5.74, 6) is 5.18. The molecule has 0 heterocycles. The third kappa shape index (κ3) is 7.03. The minimum Gasteiger partial charge on any atom is -0.401 e. The molecule has 0 fully saturated rings. The Labute approximate surface area is 108 Å². The summed E-state index contributed by atoms with van der Waals surface area (Å²) in [6.07, 6.45) is 3.98. The number of nitrogens with two attached hydrogens (primary N) is 3. The van der Waals surface area contributed by atoms with Gasteiger partial charge in [0.1, 0.15) is 12.1 Å². The summed E-state index contributed by atoms with van der Waals surface area (Å²) in [5, 5.41) is 1.49. The quantitative estimate of drug-likeness (QED) is 0.301. The van der Waals surface area contributed by atoms with Gasteiger partial charge in [-0.2, -0.15) is 0 Å². The SMILES string of the molecule is CCCN(N)/C=C(\N)CC(C=O)CC(N)C(C)=O. The Hall–Kier alpha value is -1.40. The molecule has 0 aromatic rings. The highest BCUT2D eigenvalue weighted by atomic mass is 16.1. The van der Waals surface area contributed by atoms with Crippen LogP contribution in [0, 0.1) is 5.92 Å². The Bertz CT molecular complexity index is 304. The minimum absolute atomic E-state index is 0.129. The van der Waals surface area contributed by atoms with Crippen LogP contribution in [0.4, 0.5) is 0 Å². The van der Waals surface area contributed by atoms with E-state index in [0.717, 1.165) is 12.7 Å². The van der Waals surface area contributed by atoms with Crippen LogP contribution in [-0.4, -0.2) is 29.7 Å². The molecule has 0 spiro atoms. The predicted octanol–water partition coefficient (Wildman–Crippen LogP) is -0.116. The van der Waals surface area contributed by atoms with Crippen LogP contribution in [0.15, 0.2) is 11.9 Å². The Balaban J connectivity index is 4.35. The van der Waals surface area contributed by atoms with Gasteiger partial charge in [-0.25, -0.2) is 5.84 Å². The molecule has 2 unspecified atom stereocenters. The number of carbonyl (C=O) groups is 2. The van der Waals surface area contributed by atoms with Crippen molar-refractivity contribution in [2.24, 2.45) is 23.2 Å². The molecule has 6 N–H and O–H groups in total. The van der Waals surface area contributed by atoms with Gasteiger partial charge in [-0.1, -0.05) is 6.92 Å². The molecule has 6 heteroatoms. The van der Waals surface area contributed by atoms with Crippen molar-refractivity contribution < 1.29 is 9.59 Å². The standard InChI is InChI=1S/C12H24N4O2/c1-3-4-16(15)7-11(13)5-10(8-17)6-12(14)9(2)18/h7-8,10,12H,3-6,13-15H2,1-2H3/b11-7-. The van der Waals surface area contributed by atoms with Crippen molar-refractivity contribution in [1.82, 2.24) is 5.01 Å². The summed E-state index contributed by atoms with van der Waals surface area (Å²) in [6.45, 7) is 4.11. The van der Waals surface area contributed by atoms with E-state index in [1.165, 1.54) is 11.9 Å². The number of hydrazine groups is 1. The van der Waals surface area contributed by atoms with Crippen molar-refractivity contribution in [3.8, 4) is 0 Å². The van der Waals surface area contributed by atoms with Crippen molar-refractivity contribution in [2.45, 2.75) is 39.2 Å². The van der Waals surface area contributed by atoms with Gasteiger partial charge in [-0.05, 0) is 26.2 Å². The molecule has 0 aromatic carbocycles. The molecule has 6 nitrogen and oxygen atoms in total. The first-order chi connectivity index (χ1) is 8.40. The van der Waals surface area contributed by atoms with Gasteiger partial charge in [-0.15, -0.1) is 0 Å². The van der Waals surface area contributed by atoms with E-state index < -0.39 is 6.04 Å². The molecule has 0 aliphatic carbocycles. The zero-order valence-corrected chi connectivity index (χ0v) is 11.1. The lowest BCUT2D eigenvalue weighted by Gasteiger charge is -2.17. The first-order valence-electron chi connectivity index (χ1n) is 6.09. The summed E-state index contributed by atoms with van der Waals surface area (Å²) in [7, 11) is 0. The highest BCUT2D eigenvalue weighted by Gasteiger charge is 2.16. The van der Waals surface area contributed by atoms with Gasteiger partial charge in [0, 0.05) is 24.4 Å². The molecular formula is C12H24N4O2. The maximum Gasteiger partial charge on any atom is 0.146 e. The number of ketones is 1. The maximum atomic E-state index is 11.0. The Kier molecular flexibility index (Phi) is 7.98. The number of nitrogens with zero attached hydrogens (tertiary/aromatic N) is 1. The minimum atomic E-state index is -0.613. The number of allylic oxidation sites excluding steroid dienone is 1. The van der Waals surface area contributed by atoms with Crippen molar-refractivity contribution in [1.29, 1.82) is 0 Å². The molecular weight excluding hydrogens is 232 g/mol. The van der Waals surface area contributed by atoms with Crippen LogP contribution in [0.2, 0.25) is 0 Å². The molecule has 18 heavy (non-hydrogen) atoms. The summed E-state index contributed by atoms with van der Waals surface area (Å²) < 4.78 is 0. The van der Waals surface area contributed by atoms with Gasteiger partial charge >= 0.3 is 0 Å². The van der Waals surface area contributed by atoms with Gasteiger partial charge in [-0.3, -0.25) is 4.79 Å². The van der Waals surface area contributed by atoms with E-state index in [2.05, 4.69) is 0 Å². The lowest BCUT2D eigenvalue weighted by molar-refractivity contribution is -0.119. The molecule has 0 aliphatic rings. The molecule has 0 aliphatic heterocycles. The monoisotopic (exact) mass is 256 g/mol. The fourth-order valence-electron chi connectivity index (χ4n) is 1.57. The molecule has 0 saturated heterocycles. The molecule has 0 radical (unpaired) electrons. The third-order valence-corrected chi connectivity index (χ3v) is 2.58. The number of hydrogen-bond acceptors (Lipinski definition) is 6. The highest BCUT2D eigenvalue weighted by molar-refractivity contribution is 5.81. The first kappa shape index (κ1) is 16.6. The van der Waals surface area contributed by atoms with Gasteiger partial charge in [0.25, 0.3) is 0 Å². The molecule has 0 bridgehead atoms. The second-order valence-corrected chi connectivity index (χ2v) is 4.49. The average molecular weight is 256 g/mol. The molecule has 0 amide bonds. The largest absolute Gasteiger partial charge is 0.401 e. The number of aldehydes is 1. The van der Waals surface area contributed by atoms with E-state index in [4.69, 9.17) is 17.3 Å². The second-order valence-electron chi connectivity index (χ2n) is 4.49. The van der Waals surface area contributed by atoms with Gasteiger partial charge in [0.2, 0.25) is 0 Å². The van der Waals surface area contributed by atoms with Gasteiger partial charge < -0.3 is 21.3 Å². The average Bonchev–Trinajstić information content (AvgIpc) is 2.27. The van der Waals surface area contributed by atoms with E-state index >= 15 is 0 Å². The number of carbonyl (C=O) groups excluding carboxylic acids is 2. The Morgan fingerprint density at radius 2 is 2.06 bits per heavy atom. The van der Waals surface area contributed by atoms with E-state index in [0.29, 0.717) is 25.1 Å². The van der Waals surface area contributed by atoms with Gasteiger partial charge in [0.15, 0.2) is 0 Å². The van der Waals surface area contributed by atoms with Crippen LogP contribution in [0.5, 0.6) is 0 Å². The van der Waals surface area contributed by atoms with Gasteiger partial charge in [0.05, 0.1) is 6.04 Å². The van der Waals surface area contributed by atoms with Crippen molar-refractivity contribution in [3.05, 3.63) is 11.9 Å². The fourth-order valence-corrected chi connectivity index (χ4v) is 1.57. The summed E-state index contributed by atoms with van der Waals surface area (Å²) in [4.78, 5) is 21.9. The third-order valence-electron chi connectivity index (χ3n) is 2.58. The summed E-state index contributed by atoms with van der Waals surface area (Å²) >= 11 is 0. The van der Waals surface area contributed by atoms with Crippen molar-refractivity contribution >= 4 is 12.1 Å². The normalized spacial score (nSPS) is 15.0. The zero-order valence-electron chi connectivity index (χ0n) is 11.1. The molecule has 0 saturated carbocycles. The highest BCUT2D eigenvalue weighted by Crippen LogP contribution is 2.12. The molecule has 0 rings (SSSR count). The van der Waals surface area contributed by atoms with Crippen LogP contribution in [0.3, 0.4) is 0 Å². The van der Waals surface area contributed by atoms with E-state index in [9.17, 15) is 9.59 Å². The topological polar surface area (TPSA) is 115 Å². The summed E-state index contributed by atoms with van der Waals surface area (Å²) in [6, 6.07) is -0.613. The maximum absolute atomic E-state index is 11.0. The molecule has 104 valence electrons. The van der Waals surface area contributed by atoms with E-state index in [1.54, 1.807) is 6.20 Å². The predicted molar refractivity (Wildman–Crippen MR) is 70.9 cm³/mol. The molecule has 2 atom stereocenters. The molecule has 0 aromatic heterocycles.